The molecule has 3 rings (SSSR count). The number of benzene rings is 1. The Morgan fingerprint density at radius 3 is 3.25 bits per heavy atom. The van der Waals surface area contributed by atoms with Gasteiger partial charge in [0.05, 0.1) is 19.4 Å². The van der Waals surface area contributed by atoms with Crippen LogP contribution in [0.4, 0.5) is 0 Å². The molecule has 0 saturated heterocycles. The van der Waals surface area contributed by atoms with Crippen molar-refractivity contribution in [2.24, 2.45) is 10.9 Å². The first-order valence-corrected chi connectivity index (χ1v) is 5.74. The predicted molar refractivity (Wildman–Crippen MR) is 62.6 cm³/mol. The number of hydrogen-bond acceptors (Lipinski definition) is 3. The molecule has 1 aromatic rings. The molecule has 2 aliphatic heterocycles. The van der Waals surface area contributed by atoms with Crippen LogP contribution >= 0.6 is 0 Å². The Bertz CT molecular complexity index is 440. The maximum atomic E-state index is 5.81. The molecular weight excluding hydrogens is 202 g/mol. The summed E-state index contributed by atoms with van der Waals surface area (Å²) in [7, 11) is 1.67. The highest BCUT2D eigenvalue weighted by atomic mass is 16.5. The van der Waals surface area contributed by atoms with Gasteiger partial charge in [-0.3, -0.25) is 4.99 Å². The van der Waals surface area contributed by atoms with Crippen molar-refractivity contribution in [1.29, 1.82) is 0 Å². The summed E-state index contributed by atoms with van der Waals surface area (Å²) in [5, 5.41) is 0. The Morgan fingerprint density at radius 2 is 2.38 bits per heavy atom. The van der Waals surface area contributed by atoms with Gasteiger partial charge in [0.1, 0.15) is 0 Å². The maximum Gasteiger partial charge on any atom is 0.170 e. The Hall–Kier alpha value is -1.51. The van der Waals surface area contributed by atoms with Crippen LogP contribution in [0.2, 0.25) is 0 Å². The summed E-state index contributed by atoms with van der Waals surface area (Å²) in [6, 6.07) is 6.01. The number of hydrogen-bond donors (Lipinski definition) is 0. The van der Waals surface area contributed by atoms with Gasteiger partial charge in [-0.2, -0.15) is 0 Å². The maximum absolute atomic E-state index is 5.81. The van der Waals surface area contributed by atoms with Gasteiger partial charge in [0, 0.05) is 18.0 Å². The van der Waals surface area contributed by atoms with Gasteiger partial charge in [-0.1, -0.05) is 6.07 Å². The summed E-state index contributed by atoms with van der Waals surface area (Å²) in [6.45, 7) is 1.69. The first-order valence-electron chi connectivity index (χ1n) is 5.74. The fourth-order valence-electron chi connectivity index (χ4n) is 2.48. The molecule has 0 aliphatic carbocycles. The van der Waals surface area contributed by atoms with Gasteiger partial charge >= 0.3 is 0 Å². The lowest BCUT2D eigenvalue weighted by Gasteiger charge is -2.30. The third kappa shape index (κ3) is 1.39. The van der Waals surface area contributed by atoms with E-state index in [9.17, 15) is 0 Å². The summed E-state index contributed by atoms with van der Waals surface area (Å²) >= 11 is 0. The lowest BCUT2D eigenvalue weighted by atomic mass is 9.88. The van der Waals surface area contributed by atoms with Gasteiger partial charge in [-0.15, -0.1) is 0 Å². The average Bonchev–Trinajstić information content (AvgIpc) is 2.37. The number of nitrogens with zero attached hydrogens (tertiary/aromatic N) is 1. The van der Waals surface area contributed by atoms with Crippen LogP contribution in [0.1, 0.15) is 18.4 Å². The van der Waals surface area contributed by atoms with E-state index in [2.05, 4.69) is 11.1 Å². The third-order valence-corrected chi connectivity index (χ3v) is 3.28. The molecular formula is C13H15NO2. The van der Waals surface area contributed by atoms with Crippen molar-refractivity contribution in [3.8, 4) is 11.5 Å². The van der Waals surface area contributed by atoms with Gasteiger partial charge in [0.25, 0.3) is 0 Å². The second-order valence-corrected chi connectivity index (χ2v) is 4.25. The number of para-hydroxylation sites is 1. The van der Waals surface area contributed by atoms with Crippen LogP contribution in [-0.4, -0.2) is 26.0 Å². The number of rotatable bonds is 1. The van der Waals surface area contributed by atoms with Crippen molar-refractivity contribution in [2.75, 3.05) is 20.3 Å². The van der Waals surface area contributed by atoms with Gasteiger partial charge < -0.3 is 9.47 Å². The molecule has 0 bridgehead atoms. The molecule has 84 valence electrons. The van der Waals surface area contributed by atoms with E-state index < -0.39 is 0 Å². The second-order valence-electron chi connectivity index (χ2n) is 4.25. The molecule has 1 atom stereocenters. The highest BCUT2D eigenvalue weighted by Gasteiger charge is 2.30. The fraction of sp³-hybridized carbons (Fsp3) is 0.462. The van der Waals surface area contributed by atoms with Gasteiger partial charge in [-0.05, 0) is 25.0 Å². The van der Waals surface area contributed by atoms with E-state index in [4.69, 9.17) is 9.47 Å². The normalized spacial score (nSPS) is 22.6. The molecule has 0 radical (unpaired) electrons. The molecule has 0 aromatic heterocycles. The molecule has 0 spiro atoms. The van der Waals surface area contributed by atoms with Crippen molar-refractivity contribution in [2.45, 2.75) is 12.8 Å². The molecule has 0 saturated carbocycles. The molecule has 2 aliphatic rings. The molecule has 0 fully saturated rings. The molecule has 1 unspecified atom stereocenters. The van der Waals surface area contributed by atoms with Crippen LogP contribution in [0.3, 0.4) is 0 Å². The highest BCUT2D eigenvalue weighted by Crippen LogP contribution is 2.38. The first kappa shape index (κ1) is 9.70. The SMILES string of the molecule is COc1cccc2c1OCC1CCCN=C21. The molecule has 3 nitrogen and oxygen atoms in total. The summed E-state index contributed by atoms with van der Waals surface area (Å²) in [5.74, 6) is 2.15. The van der Waals surface area contributed by atoms with E-state index in [1.807, 2.05) is 12.1 Å². The average molecular weight is 217 g/mol. The Morgan fingerprint density at radius 1 is 1.44 bits per heavy atom. The molecule has 16 heavy (non-hydrogen) atoms. The van der Waals surface area contributed by atoms with E-state index in [1.165, 1.54) is 18.6 Å². The monoisotopic (exact) mass is 217 g/mol. The zero-order valence-corrected chi connectivity index (χ0v) is 9.40. The number of aliphatic imine (C=N–C) groups is 1. The number of fused-ring (bicyclic) bond motifs is 3. The second kappa shape index (κ2) is 3.81. The first-order chi connectivity index (χ1) is 7.90. The van der Waals surface area contributed by atoms with E-state index in [0.717, 1.165) is 30.2 Å². The zero-order valence-electron chi connectivity index (χ0n) is 9.40. The lowest BCUT2D eigenvalue weighted by Crippen LogP contribution is -2.31. The predicted octanol–water partition coefficient (Wildman–Crippen LogP) is 2.29. The minimum atomic E-state index is 0.480. The summed E-state index contributed by atoms with van der Waals surface area (Å²) in [5.41, 5.74) is 2.33. The van der Waals surface area contributed by atoms with Crippen LogP contribution in [-0.2, 0) is 0 Å². The Labute approximate surface area is 95.1 Å². The van der Waals surface area contributed by atoms with Crippen LogP contribution < -0.4 is 9.47 Å². The minimum absolute atomic E-state index is 0.480. The molecule has 2 heterocycles. The molecule has 3 heteroatoms. The molecule has 0 amide bonds. The molecule has 0 N–H and O–H groups in total. The lowest BCUT2D eigenvalue weighted by molar-refractivity contribution is 0.248. The van der Waals surface area contributed by atoms with Crippen molar-refractivity contribution >= 4 is 5.71 Å². The van der Waals surface area contributed by atoms with E-state index in [-0.39, 0.29) is 0 Å². The quantitative estimate of drug-likeness (QED) is 0.722. The minimum Gasteiger partial charge on any atom is -0.493 e. The summed E-state index contributed by atoms with van der Waals surface area (Å²) in [4.78, 5) is 4.65. The van der Waals surface area contributed by atoms with E-state index in [1.54, 1.807) is 7.11 Å². The van der Waals surface area contributed by atoms with Crippen LogP contribution in [0.5, 0.6) is 11.5 Å². The Balaban J connectivity index is 2.12. The van der Waals surface area contributed by atoms with Gasteiger partial charge in [0.2, 0.25) is 0 Å². The summed E-state index contributed by atoms with van der Waals surface area (Å²) in [6.07, 6.45) is 2.37. The molecule has 1 aromatic carbocycles. The fourth-order valence-corrected chi connectivity index (χ4v) is 2.48. The smallest absolute Gasteiger partial charge is 0.170 e. The third-order valence-electron chi connectivity index (χ3n) is 3.28. The summed E-state index contributed by atoms with van der Waals surface area (Å²) < 4.78 is 11.1. The Kier molecular flexibility index (Phi) is 2.31. The van der Waals surface area contributed by atoms with Gasteiger partial charge in [-0.25, -0.2) is 0 Å². The van der Waals surface area contributed by atoms with Crippen molar-refractivity contribution in [3.63, 3.8) is 0 Å². The standard InChI is InChI=1S/C13H15NO2/c1-15-11-6-2-5-10-12-9(4-3-7-14-12)8-16-13(10)11/h2,5-6,9H,3-4,7-8H2,1H3. The highest BCUT2D eigenvalue weighted by molar-refractivity contribution is 6.06. The van der Waals surface area contributed by atoms with Crippen molar-refractivity contribution < 1.29 is 9.47 Å². The van der Waals surface area contributed by atoms with Crippen LogP contribution in [0.15, 0.2) is 23.2 Å². The number of methoxy groups -OCH3 is 1. The number of ether oxygens (including phenoxy) is 2. The van der Waals surface area contributed by atoms with Crippen molar-refractivity contribution in [3.05, 3.63) is 23.8 Å². The van der Waals surface area contributed by atoms with Crippen molar-refractivity contribution in [1.82, 2.24) is 0 Å². The van der Waals surface area contributed by atoms with E-state index in [0.29, 0.717) is 5.92 Å². The topological polar surface area (TPSA) is 30.8 Å². The zero-order chi connectivity index (χ0) is 11.0. The van der Waals surface area contributed by atoms with E-state index >= 15 is 0 Å². The largest absolute Gasteiger partial charge is 0.493 e. The van der Waals surface area contributed by atoms with Crippen LogP contribution in [0, 0.1) is 5.92 Å². The van der Waals surface area contributed by atoms with Gasteiger partial charge in [0.15, 0.2) is 11.5 Å². The van der Waals surface area contributed by atoms with Crippen LogP contribution in [0.25, 0.3) is 0 Å².